The van der Waals surface area contributed by atoms with Crippen molar-refractivity contribution in [2.45, 2.75) is 31.5 Å². The maximum atomic E-state index is 13.2. The summed E-state index contributed by atoms with van der Waals surface area (Å²) in [6.45, 7) is 6.38. The first kappa shape index (κ1) is 12.5. The molecular weight excluding hydrogens is 281 g/mol. The van der Waals surface area contributed by atoms with Gasteiger partial charge in [0.1, 0.15) is 5.82 Å². The standard InChI is InChI=1S/C14H15BrFN/c1-14(2,3)13-6-9(8-15)11-7-10(16)4-5-12(11)17-13/h4-7H,8H2,1-3H3. The van der Waals surface area contributed by atoms with Crippen LogP contribution in [-0.2, 0) is 10.7 Å². The molecular formula is C14H15BrFN. The zero-order valence-electron chi connectivity index (χ0n) is 10.2. The lowest BCUT2D eigenvalue weighted by Gasteiger charge is -2.19. The van der Waals surface area contributed by atoms with Crippen LogP contribution >= 0.6 is 15.9 Å². The highest BCUT2D eigenvalue weighted by Crippen LogP contribution is 2.27. The Morgan fingerprint density at radius 1 is 1.24 bits per heavy atom. The molecule has 0 saturated carbocycles. The van der Waals surface area contributed by atoms with Gasteiger partial charge in [-0.1, -0.05) is 36.7 Å². The molecule has 0 aliphatic heterocycles. The molecule has 90 valence electrons. The third kappa shape index (κ3) is 2.49. The van der Waals surface area contributed by atoms with Gasteiger partial charge in [-0.3, -0.25) is 4.98 Å². The predicted molar refractivity (Wildman–Crippen MR) is 73.0 cm³/mol. The van der Waals surface area contributed by atoms with Crippen LogP contribution in [0.5, 0.6) is 0 Å². The van der Waals surface area contributed by atoms with E-state index in [9.17, 15) is 4.39 Å². The van der Waals surface area contributed by atoms with Gasteiger partial charge in [0, 0.05) is 21.8 Å². The number of hydrogen-bond acceptors (Lipinski definition) is 1. The second kappa shape index (κ2) is 4.37. The summed E-state index contributed by atoms with van der Waals surface area (Å²) in [5, 5.41) is 1.59. The van der Waals surface area contributed by atoms with E-state index in [1.165, 1.54) is 6.07 Å². The molecule has 0 amide bonds. The molecule has 3 heteroatoms. The average Bonchev–Trinajstić information content (AvgIpc) is 2.26. The molecule has 0 N–H and O–H groups in total. The predicted octanol–water partition coefficient (Wildman–Crippen LogP) is 4.57. The molecule has 2 aromatic rings. The zero-order valence-corrected chi connectivity index (χ0v) is 11.8. The lowest BCUT2D eigenvalue weighted by molar-refractivity contribution is 0.571. The minimum Gasteiger partial charge on any atom is -0.252 e. The molecule has 1 aromatic carbocycles. The topological polar surface area (TPSA) is 12.9 Å². The van der Waals surface area contributed by atoms with E-state index < -0.39 is 0 Å². The van der Waals surface area contributed by atoms with Crippen molar-refractivity contribution in [3.05, 3.63) is 41.3 Å². The minimum absolute atomic E-state index is 0.000500. The molecule has 0 unspecified atom stereocenters. The van der Waals surface area contributed by atoms with E-state index in [2.05, 4.69) is 47.8 Å². The van der Waals surface area contributed by atoms with Crippen molar-refractivity contribution >= 4 is 26.8 Å². The third-order valence-corrected chi connectivity index (χ3v) is 3.37. The molecule has 1 nitrogen and oxygen atoms in total. The first-order valence-corrected chi connectivity index (χ1v) is 6.69. The average molecular weight is 296 g/mol. The number of nitrogens with zero attached hydrogens (tertiary/aromatic N) is 1. The first-order valence-electron chi connectivity index (χ1n) is 5.57. The summed E-state index contributed by atoms with van der Waals surface area (Å²) in [6, 6.07) is 6.80. The Hall–Kier alpha value is -0.960. The smallest absolute Gasteiger partial charge is 0.123 e. The van der Waals surface area contributed by atoms with Crippen molar-refractivity contribution < 1.29 is 4.39 Å². The summed E-state index contributed by atoms with van der Waals surface area (Å²) < 4.78 is 13.2. The van der Waals surface area contributed by atoms with Gasteiger partial charge in [0.05, 0.1) is 5.52 Å². The van der Waals surface area contributed by atoms with Crippen LogP contribution in [0.2, 0.25) is 0 Å². The highest BCUT2D eigenvalue weighted by molar-refractivity contribution is 9.08. The van der Waals surface area contributed by atoms with Crippen molar-refractivity contribution in [2.24, 2.45) is 0 Å². The molecule has 1 aromatic heterocycles. The van der Waals surface area contributed by atoms with Gasteiger partial charge in [-0.05, 0) is 29.8 Å². The maximum absolute atomic E-state index is 13.2. The third-order valence-electron chi connectivity index (χ3n) is 2.77. The van der Waals surface area contributed by atoms with Gasteiger partial charge in [0.15, 0.2) is 0 Å². The summed E-state index contributed by atoms with van der Waals surface area (Å²) in [7, 11) is 0. The van der Waals surface area contributed by atoms with Crippen LogP contribution in [0.1, 0.15) is 32.0 Å². The second-order valence-corrected chi connectivity index (χ2v) is 5.77. The lowest BCUT2D eigenvalue weighted by atomic mass is 9.90. The number of benzene rings is 1. The largest absolute Gasteiger partial charge is 0.252 e. The fourth-order valence-corrected chi connectivity index (χ4v) is 2.23. The van der Waals surface area contributed by atoms with Crippen LogP contribution in [0.3, 0.4) is 0 Å². The van der Waals surface area contributed by atoms with Crippen LogP contribution in [-0.4, -0.2) is 4.98 Å². The Morgan fingerprint density at radius 2 is 1.94 bits per heavy atom. The monoisotopic (exact) mass is 295 g/mol. The van der Waals surface area contributed by atoms with E-state index in [4.69, 9.17) is 0 Å². The second-order valence-electron chi connectivity index (χ2n) is 5.21. The number of hydrogen-bond donors (Lipinski definition) is 0. The molecule has 0 aliphatic carbocycles. The molecule has 0 bridgehead atoms. The Labute approximate surface area is 109 Å². The van der Waals surface area contributed by atoms with Crippen molar-refractivity contribution in [1.29, 1.82) is 0 Å². The number of rotatable bonds is 1. The van der Waals surface area contributed by atoms with Gasteiger partial charge >= 0.3 is 0 Å². The summed E-state index contributed by atoms with van der Waals surface area (Å²) in [4.78, 5) is 4.61. The Kier molecular flexibility index (Phi) is 3.21. The van der Waals surface area contributed by atoms with E-state index in [-0.39, 0.29) is 11.2 Å². The molecule has 0 radical (unpaired) electrons. The molecule has 17 heavy (non-hydrogen) atoms. The summed E-state index contributed by atoms with van der Waals surface area (Å²) in [5.41, 5.74) is 2.97. The van der Waals surface area contributed by atoms with Crippen molar-refractivity contribution in [3.8, 4) is 0 Å². The highest BCUT2D eigenvalue weighted by Gasteiger charge is 2.17. The van der Waals surface area contributed by atoms with Gasteiger partial charge in [-0.15, -0.1) is 0 Å². The molecule has 2 rings (SSSR count). The van der Waals surface area contributed by atoms with Crippen LogP contribution in [0, 0.1) is 5.82 Å². The number of aromatic nitrogens is 1. The van der Waals surface area contributed by atoms with E-state index in [1.54, 1.807) is 12.1 Å². The van der Waals surface area contributed by atoms with Gasteiger partial charge in [0.25, 0.3) is 0 Å². The van der Waals surface area contributed by atoms with Gasteiger partial charge in [-0.25, -0.2) is 4.39 Å². The molecule has 0 fully saturated rings. The summed E-state index contributed by atoms with van der Waals surface area (Å²) >= 11 is 3.45. The van der Waals surface area contributed by atoms with Crippen LogP contribution < -0.4 is 0 Å². The molecule has 0 atom stereocenters. The maximum Gasteiger partial charge on any atom is 0.123 e. The van der Waals surface area contributed by atoms with Crippen LogP contribution in [0.15, 0.2) is 24.3 Å². The van der Waals surface area contributed by atoms with E-state index in [1.807, 2.05) is 0 Å². The quantitative estimate of drug-likeness (QED) is 0.703. The minimum atomic E-state index is -0.218. The lowest BCUT2D eigenvalue weighted by Crippen LogP contribution is -2.14. The van der Waals surface area contributed by atoms with E-state index in [0.29, 0.717) is 5.33 Å². The van der Waals surface area contributed by atoms with E-state index in [0.717, 1.165) is 22.2 Å². The summed E-state index contributed by atoms with van der Waals surface area (Å²) in [6.07, 6.45) is 0. The Bertz CT molecular complexity index is 558. The van der Waals surface area contributed by atoms with Crippen molar-refractivity contribution in [2.75, 3.05) is 0 Å². The normalized spacial score (nSPS) is 12.1. The zero-order chi connectivity index (χ0) is 12.6. The fourth-order valence-electron chi connectivity index (χ4n) is 1.76. The number of pyridine rings is 1. The first-order chi connectivity index (χ1) is 7.91. The molecule has 0 aliphatic rings. The van der Waals surface area contributed by atoms with Gasteiger partial charge in [-0.2, -0.15) is 0 Å². The molecule has 1 heterocycles. The molecule has 0 spiro atoms. The Balaban J connectivity index is 2.75. The van der Waals surface area contributed by atoms with E-state index >= 15 is 0 Å². The SMILES string of the molecule is CC(C)(C)c1cc(CBr)c2cc(F)ccc2n1. The van der Waals surface area contributed by atoms with Gasteiger partial charge in [0.2, 0.25) is 0 Å². The van der Waals surface area contributed by atoms with Crippen LogP contribution in [0.4, 0.5) is 4.39 Å². The number of fused-ring (bicyclic) bond motifs is 1. The number of halogens is 2. The molecule has 0 saturated heterocycles. The Morgan fingerprint density at radius 3 is 2.53 bits per heavy atom. The van der Waals surface area contributed by atoms with Crippen molar-refractivity contribution in [3.63, 3.8) is 0 Å². The highest BCUT2D eigenvalue weighted by atomic mass is 79.9. The van der Waals surface area contributed by atoms with Gasteiger partial charge < -0.3 is 0 Å². The fraction of sp³-hybridized carbons (Fsp3) is 0.357. The van der Waals surface area contributed by atoms with Crippen LogP contribution in [0.25, 0.3) is 10.9 Å². The van der Waals surface area contributed by atoms with Crippen molar-refractivity contribution in [1.82, 2.24) is 4.98 Å². The summed E-state index contributed by atoms with van der Waals surface area (Å²) in [5.74, 6) is -0.218. The number of alkyl halides is 1.